The van der Waals surface area contributed by atoms with Crippen molar-refractivity contribution in [1.82, 2.24) is 15.1 Å². The Bertz CT molecular complexity index is 449. The van der Waals surface area contributed by atoms with Crippen LogP contribution in [-0.2, 0) is 4.79 Å². The molecule has 4 nitrogen and oxygen atoms in total. The predicted molar refractivity (Wildman–Crippen MR) is 55.9 cm³/mol. The largest absolute Gasteiger partial charge is 0.357 e. The number of nitrogens with zero attached hydrogens (tertiary/aromatic N) is 2. The Balaban J connectivity index is 3.34. The van der Waals surface area contributed by atoms with Gasteiger partial charge in [-0.1, -0.05) is 11.6 Å². The van der Waals surface area contributed by atoms with Gasteiger partial charge in [-0.15, -0.1) is 0 Å². The van der Waals surface area contributed by atoms with Gasteiger partial charge in [0.25, 0.3) is 12.9 Å². The summed E-state index contributed by atoms with van der Waals surface area (Å²) in [5.74, 6) is -0.642. The number of hydrogen-bond acceptors (Lipinski definition) is 2. The molecule has 0 saturated carbocycles. The predicted octanol–water partition coefficient (Wildman–Crippen LogP) is 2.72. The summed E-state index contributed by atoms with van der Waals surface area (Å²) < 4.78 is 51.1. The summed E-state index contributed by atoms with van der Waals surface area (Å²) in [5, 5.41) is 4.70. The van der Waals surface area contributed by atoms with E-state index in [1.165, 1.54) is 14.0 Å². The van der Waals surface area contributed by atoms with Crippen LogP contribution in [0.3, 0.4) is 0 Å². The molecule has 102 valence electrons. The van der Waals surface area contributed by atoms with Crippen LogP contribution in [0.5, 0.6) is 0 Å². The van der Waals surface area contributed by atoms with E-state index in [1.807, 2.05) is 0 Å². The molecule has 0 aliphatic carbocycles. The lowest BCUT2D eigenvalue weighted by atomic mass is 10.3. The third-order valence-corrected chi connectivity index (χ3v) is 2.71. The minimum atomic E-state index is -3.11. The minimum absolute atomic E-state index is 0.521. The first-order valence-electron chi connectivity index (χ1n) is 4.86. The van der Waals surface area contributed by atoms with Gasteiger partial charge in [-0.2, -0.15) is 5.10 Å². The van der Waals surface area contributed by atoms with Crippen LogP contribution in [0.15, 0.2) is 0 Å². The number of rotatable bonds is 4. The summed E-state index contributed by atoms with van der Waals surface area (Å²) in [6.45, 7) is 1.25. The summed E-state index contributed by atoms with van der Waals surface area (Å²) in [7, 11) is 1.29. The topological polar surface area (TPSA) is 46.9 Å². The van der Waals surface area contributed by atoms with Gasteiger partial charge in [-0.05, 0) is 6.92 Å². The van der Waals surface area contributed by atoms with E-state index in [1.54, 1.807) is 0 Å². The fourth-order valence-electron chi connectivity index (χ4n) is 1.40. The van der Waals surface area contributed by atoms with E-state index >= 15 is 0 Å². The minimum Gasteiger partial charge on any atom is -0.357 e. The number of alkyl halides is 4. The van der Waals surface area contributed by atoms with Gasteiger partial charge in [-0.3, -0.25) is 4.79 Å². The van der Waals surface area contributed by atoms with Crippen molar-refractivity contribution in [3.8, 4) is 0 Å². The molecule has 0 aliphatic heterocycles. The van der Waals surface area contributed by atoms with Crippen LogP contribution >= 0.6 is 11.6 Å². The number of amides is 1. The van der Waals surface area contributed by atoms with Crippen LogP contribution in [0.25, 0.3) is 0 Å². The molecule has 1 rings (SSSR count). The normalized spacial score (nSPS) is 13.2. The molecule has 0 spiro atoms. The van der Waals surface area contributed by atoms with Gasteiger partial charge in [0.15, 0.2) is 0 Å². The van der Waals surface area contributed by atoms with Gasteiger partial charge in [0.05, 0.1) is 5.02 Å². The smallest absolute Gasteiger partial charge is 0.283 e. The maximum Gasteiger partial charge on any atom is 0.283 e. The summed E-state index contributed by atoms with van der Waals surface area (Å²) in [4.78, 5) is 11.3. The van der Waals surface area contributed by atoms with Gasteiger partial charge in [0.2, 0.25) is 5.91 Å². The summed E-state index contributed by atoms with van der Waals surface area (Å²) in [6, 6.07) is -1.16. The fourth-order valence-corrected chi connectivity index (χ4v) is 1.69. The highest BCUT2D eigenvalue weighted by atomic mass is 35.5. The SMILES string of the molecule is CNC(=O)C(C)n1nc(C(F)F)c(Cl)c1C(F)F. The molecule has 0 saturated heterocycles. The first-order chi connectivity index (χ1) is 8.31. The Morgan fingerprint density at radius 3 is 2.28 bits per heavy atom. The van der Waals surface area contributed by atoms with E-state index in [2.05, 4.69) is 10.4 Å². The molecule has 1 aromatic heterocycles. The van der Waals surface area contributed by atoms with Crippen LogP contribution < -0.4 is 5.32 Å². The molecule has 1 amide bonds. The van der Waals surface area contributed by atoms with Crippen LogP contribution in [0.1, 0.15) is 37.2 Å². The van der Waals surface area contributed by atoms with Crippen molar-refractivity contribution in [2.24, 2.45) is 0 Å². The second-order valence-corrected chi connectivity index (χ2v) is 3.80. The van der Waals surface area contributed by atoms with Crippen LogP contribution in [0, 0.1) is 0 Å². The number of nitrogens with one attached hydrogen (secondary N) is 1. The van der Waals surface area contributed by atoms with E-state index < -0.39 is 41.2 Å². The van der Waals surface area contributed by atoms with Crippen molar-refractivity contribution in [2.45, 2.75) is 25.8 Å². The standard InChI is InChI=1S/C9H10ClF4N3O/c1-3(9(18)15-2)17-6(8(13)14)4(10)5(16-17)7(11)12/h3,7-8H,1-2H3,(H,15,18). The zero-order valence-corrected chi connectivity index (χ0v) is 10.2. The second kappa shape index (κ2) is 5.55. The third kappa shape index (κ3) is 2.58. The van der Waals surface area contributed by atoms with Crippen molar-refractivity contribution in [3.63, 3.8) is 0 Å². The average Bonchev–Trinajstić information content (AvgIpc) is 2.64. The van der Waals surface area contributed by atoms with E-state index in [9.17, 15) is 22.4 Å². The summed E-state index contributed by atoms with van der Waals surface area (Å²) >= 11 is 5.44. The van der Waals surface area contributed by atoms with Crippen molar-refractivity contribution < 1.29 is 22.4 Å². The number of carbonyl (C=O) groups is 1. The van der Waals surface area contributed by atoms with Crippen molar-refractivity contribution in [2.75, 3.05) is 7.05 Å². The quantitative estimate of drug-likeness (QED) is 0.866. The molecule has 1 N–H and O–H groups in total. The third-order valence-electron chi connectivity index (χ3n) is 2.32. The first kappa shape index (κ1) is 14.7. The molecule has 0 aromatic carbocycles. The monoisotopic (exact) mass is 287 g/mol. The maximum absolute atomic E-state index is 12.8. The zero-order valence-electron chi connectivity index (χ0n) is 9.42. The van der Waals surface area contributed by atoms with Crippen LogP contribution in [-0.4, -0.2) is 22.7 Å². The van der Waals surface area contributed by atoms with Gasteiger partial charge < -0.3 is 5.32 Å². The van der Waals surface area contributed by atoms with E-state index in [0.717, 1.165) is 0 Å². The van der Waals surface area contributed by atoms with Gasteiger partial charge >= 0.3 is 0 Å². The Hall–Kier alpha value is -1.31. The highest BCUT2D eigenvalue weighted by Gasteiger charge is 2.31. The fraction of sp³-hybridized carbons (Fsp3) is 0.556. The summed E-state index contributed by atoms with van der Waals surface area (Å²) in [6.07, 6.45) is -6.20. The molecule has 1 heterocycles. The Labute approximate surface area is 105 Å². The highest BCUT2D eigenvalue weighted by molar-refractivity contribution is 6.32. The Morgan fingerprint density at radius 1 is 1.33 bits per heavy atom. The molecule has 9 heteroatoms. The lowest BCUT2D eigenvalue weighted by molar-refractivity contribution is -0.123. The van der Waals surface area contributed by atoms with Crippen molar-refractivity contribution in [3.05, 3.63) is 16.4 Å². The molecular weight excluding hydrogens is 278 g/mol. The summed E-state index contributed by atoms with van der Waals surface area (Å²) in [5.41, 5.74) is -1.84. The maximum atomic E-state index is 12.8. The average molecular weight is 288 g/mol. The lowest BCUT2D eigenvalue weighted by Crippen LogP contribution is -2.29. The second-order valence-electron chi connectivity index (χ2n) is 3.42. The van der Waals surface area contributed by atoms with Crippen LogP contribution in [0.2, 0.25) is 5.02 Å². The van der Waals surface area contributed by atoms with Gasteiger partial charge in [0.1, 0.15) is 17.4 Å². The number of halogens is 5. The van der Waals surface area contributed by atoms with E-state index in [4.69, 9.17) is 11.6 Å². The molecule has 0 fully saturated rings. The van der Waals surface area contributed by atoms with Crippen LogP contribution in [0.4, 0.5) is 17.6 Å². The molecule has 18 heavy (non-hydrogen) atoms. The Kier molecular flexibility index (Phi) is 4.55. The van der Waals surface area contributed by atoms with Gasteiger partial charge in [0, 0.05) is 7.05 Å². The van der Waals surface area contributed by atoms with Crippen molar-refractivity contribution in [1.29, 1.82) is 0 Å². The van der Waals surface area contributed by atoms with Crippen molar-refractivity contribution >= 4 is 17.5 Å². The molecule has 1 aromatic rings. The number of carbonyl (C=O) groups excluding carboxylic acids is 1. The first-order valence-corrected chi connectivity index (χ1v) is 5.24. The molecule has 0 bridgehead atoms. The molecule has 1 atom stereocenters. The van der Waals surface area contributed by atoms with E-state index in [0.29, 0.717) is 4.68 Å². The number of likely N-dealkylation sites (N-methyl/N-ethyl adjacent to an activating group) is 1. The Morgan fingerprint density at radius 2 is 1.89 bits per heavy atom. The molecular formula is C9H10ClF4N3O. The molecule has 0 radical (unpaired) electrons. The molecule has 0 aliphatic rings. The highest BCUT2D eigenvalue weighted by Crippen LogP contribution is 2.35. The lowest BCUT2D eigenvalue weighted by Gasteiger charge is -2.13. The van der Waals surface area contributed by atoms with E-state index in [-0.39, 0.29) is 0 Å². The van der Waals surface area contributed by atoms with Gasteiger partial charge in [-0.25, -0.2) is 22.2 Å². The number of hydrogen-bond donors (Lipinski definition) is 1. The molecule has 1 unspecified atom stereocenters. The number of aromatic nitrogens is 2. The zero-order chi connectivity index (χ0) is 14.0.